The summed E-state index contributed by atoms with van der Waals surface area (Å²) in [6.07, 6.45) is 6.91. The monoisotopic (exact) mass is 342 g/mol. The lowest BCUT2D eigenvalue weighted by Crippen LogP contribution is -2.13. The van der Waals surface area contributed by atoms with Crippen molar-refractivity contribution >= 4 is 16.9 Å². The van der Waals surface area contributed by atoms with E-state index >= 15 is 0 Å². The Labute approximate surface area is 147 Å². The maximum absolute atomic E-state index is 12.6. The molecule has 0 aliphatic carbocycles. The van der Waals surface area contributed by atoms with E-state index in [4.69, 9.17) is 0 Å². The van der Waals surface area contributed by atoms with Crippen LogP contribution in [0.4, 0.5) is 0 Å². The Morgan fingerprint density at radius 2 is 1.65 bits per heavy atom. The van der Waals surface area contributed by atoms with Crippen LogP contribution in [0.3, 0.4) is 0 Å². The maximum atomic E-state index is 12.6. The van der Waals surface area contributed by atoms with Crippen LogP contribution in [0.2, 0.25) is 0 Å². The number of benzene rings is 1. The molecule has 4 aromatic heterocycles. The highest BCUT2D eigenvalue weighted by atomic mass is 16.1. The van der Waals surface area contributed by atoms with Crippen LogP contribution in [0, 0.1) is 0 Å². The first-order valence-electron chi connectivity index (χ1n) is 8.14. The molecule has 0 radical (unpaired) electrons. The minimum atomic E-state index is -0.179. The lowest BCUT2D eigenvalue weighted by Gasteiger charge is -2.02. The van der Waals surface area contributed by atoms with Crippen LogP contribution in [0.1, 0.15) is 0 Å². The Kier molecular flexibility index (Phi) is 3.02. The van der Waals surface area contributed by atoms with Crippen molar-refractivity contribution in [1.82, 2.24) is 28.9 Å². The standard InChI is InChI=1S/C19H14N6O/c1-24-11-21-16-17(24)23-19-22-15(10-25(19)18(16)26)14-4-2-12(3-5-14)13-6-8-20-9-7-13/h2-11H,1H3,(H,22,23). The summed E-state index contributed by atoms with van der Waals surface area (Å²) in [5.41, 5.74) is 4.77. The zero-order valence-electron chi connectivity index (χ0n) is 13.9. The van der Waals surface area contributed by atoms with Crippen LogP contribution >= 0.6 is 0 Å². The number of fused-ring (bicyclic) bond motifs is 2. The third-order valence-corrected chi connectivity index (χ3v) is 4.48. The Bertz CT molecular complexity index is 1300. The highest BCUT2D eigenvalue weighted by molar-refractivity contribution is 5.73. The molecule has 5 rings (SSSR count). The average molecular weight is 342 g/mol. The average Bonchev–Trinajstić information content (AvgIpc) is 3.28. The summed E-state index contributed by atoms with van der Waals surface area (Å²) >= 11 is 0. The van der Waals surface area contributed by atoms with E-state index in [1.54, 1.807) is 29.5 Å². The van der Waals surface area contributed by atoms with Gasteiger partial charge in [0, 0.05) is 25.6 Å². The molecule has 0 spiro atoms. The summed E-state index contributed by atoms with van der Waals surface area (Å²) in [6, 6.07) is 12.1. The van der Waals surface area contributed by atoms with Gasteiger partial charge < -0.3 is 9.55 Å². The molecule has 0 amide bonds. The van der Waals surface area contributed by atoms with E-state index in [1.165, 1.54) is 4.40 Å². The first-order chi connectivity index (χ1) is 12.7. The van der Waals surface area contributed by atoms with Gasteiger partial charge in [-0.3, -0.25) is 9.78 Å². The summed E-state index contributed by atoms with van der Waals surface area (Å²) < 4.78 is 3.24. The quantitative estimate of drug-likeness (QED) is 0.535. The number of nitrogens with zero attached hydrogens (tertiary/aromatic N) is 5. The van der Waals surface area contributed by atoms with Gasteiger partial charge in [-0.05, 0) is 28.8 Å². The van der Waals surface area contributed by atoms with Gasteiger partial charge in [0.1, 0.15) is 0 Å². The van der Waals surface area contributed by atoms with Gasteiger partial charge in [0.2, 0.25) is 5.78 Å². The molecular weight excluding hydrogens is 328 g/mol. The minimum absolute atomic E-state index is 0.179. The molecule has 1 N–H and O–H groups in total. The Morgan fingerprint density at radius 1 is 0.962 bits per heavy atom. The molecule has 0 aliphatic rings. The number of pyridine rings is 1. The van der Waals surface area contributed by atoms with Crippen LogP contribution in [0.25, 0.3) is 39.3 Å². The zero-order valence-corrected chi connectivity index (χ0v) is 13.9. The van der Waals surface area contributed by atoms with Gasteiger partial charge in [-0.15, -0.1) is 0 Å². The van der Waals surface area contributed by atoms with Crippen molar-refractivity contribution in [2.24, 2.45) is 7.05 Å². The smallest absolute Gasteiger partial charge is 0.287 e. The molecule has 26 heavy (non-hydrogen) atoms. The van der Waals surface area contributed by atoms with Crippen LogP contribution in [-0.4, -0.2) is 28.9 Å². The van der Waals surface area contributed by atoms with Gasteiger partial charge in [-0.1, -0.05) is 24.3 Å². The number of H-pyrrole nitrogens is 1. The summed E-state index contributed by atoms with van der Waals surface area (Å²) in [4.78, 5) is 28.5. The largest absolute Gasteiger partial charge is 0.323 e. The number of hydrogen-bond acceptors (Lipinski definition) is 4. The molecule has 7 nitrogen and oxygen atoms in total. The summed E-state index contributed by atoms with van der Waals surface area (Å²) in [5, 5.41) is 0. The maximum Gasteiger partial charge on any atom is 0.287 e. The fraction of sp³-hybridized carbons (Fsp3) is 0.0526. The molecule has 0 unspecified atom stereocenters. The number of aryl methyl sites for hydroxylation is 1. The van der Waals surface area contributed by atoms with E-state index in [0.717, 1.165) is 22.4 Å². The SMILES string of the molecule is Cn1cnc2c(=O)n3cc(-c4ccc(-c5ccncc5)cc4)[nH]c3nc21. The van der Waals surface area contributed by atoms with Crippen molar-refractivity contribution in [1.29, 1.82) is 0 Å². The number of nitrogens with one attached hydrogen (secondary N) is 1. The number of imidazole rings is 2. The predicted octanol–water partition coefficient (Wildman–Crippen LogP) is 2.64. The highest BCUT2D eigenvalue weighted by Gasteiger charge is 2.12. The topological polar surface area (TPSA) is 80.9 Å². The predicted molar refractivity (Wildman–Crippen MR) is 98.8 cm³/mol. The number of hydrogen-bond donors (Lipinski definition) is 1. The van der Waals surface area contributed by atoms with Crippen LogP contribution < -0.4 is 5.56 Å². The van der Waals surface area contributed by atoms with Gasteiger partial charge in [0.15, 0.2) is 11.2 Å². The highest BCUT2D eigenvalue weighted by Crippen LogP contribution is 2.24. The van der Waals surface area contributed by atoms with Crippen LogP contribution in [-0.2, 0) is 7.05 Å². The van der Waals surface area contributed by atoms with Gasteiger partial charge in [-0.2, -0.15) is 4.98 Å². The zero-order chi connectivity index (χ0) is 17.7. The van der Waals surface area contributed by atoms with E-state index in [2.05, 4.69) is 19.9 Å². The summed E-state index contributed by atoms with van der Waals surface area (Å²) in [7, 11) is 1.82. The number of rotatable bonds is 2. The molecule has 126 valence electrons. The molecule has 0 atom stereocenters. The summed E-state index contributed by atoms with van der Waals surface area (Å²) in [6.45, 7) is 0. The van der Waals surface area contributed by atoms with E-state index in [0.29, 0.717) is 16.9 Å². The molecule has 0 aliphatic heterocycles. The minimum Gasteiger partial charge on any atom is -0.323 e. The first-order valence-corrected chi connectivity index (χ1v) is 8.14. The normalized spacial score (nSPS) is 11.4. The van der Waals surface area contributed by atoms with Crippen molar-refractivity contribution in [2.75, 3.05) is 0 Å². The molecule has 1 aromatic carbocycles. The molecule has 5 aromatic rings. The van der Waals surface area contributed by atoms with Crippen molar-refractivity contribution in [3.8, 4) is 22.4 Å². The Balaban J connectivity index is 1.62. The van der Waals surface area contributed by atoms with Crippen LogP contribution in [0.15, 0.2) is 66.1 Å². The Hall–Kier alpha value is -3.74. The van der Waals surface area contributed by atoms with Gasteiger partial charge in [-0.25, -0.2) is 9.38 Å². The molecule has 4 heterocycles. The van der Waals surface area contributed by atoms with Crippen molar-refractivity contribution in [3.05, 3.63) is 71.7 Å². The summed E-state index contributed by atoms with van der Waals surface area (Å²) in [5.74, 6) is 0.499. The van der Waals surface area contributed by atoms with Gasteiger partial charge >= 0.3 is 0 Å². The first kappa shape index (κ1) is 14.6. The number of aromatic nitrogens is 6. The second-order valence-electron chi connectivity index (χ2n) is 6.12. The lowest BCUT2D eigenvalue weighted by molar-refractivity contribution is 0.928. The fourth-order valence-corrected chi connectivity index (χ4v) is 3.09. The van der Waals surface area contributed by atoms with Gasteiger partial charge in [0.25, 0.3) is 5.56 Å². The number of aromatic amines is 1. The Morgan fingerprint density at radius 3 is 2.42 bits per heavy atom. The molecule has 0 bridgehead atoms. The van der Waals surface area contributed by atoms with Crippen molar-refractivity contribution < 1.29 is 0 Å². The molecule has 7 heteroatoms. The molecule has 0 fully saturated rings. The second-order valence-corrected chi connectivity index (χ2v) is 6.12. The van der Waals surface area contributed by atoms with Gasteiger partial charge in [0.05, 0.1) is 12.0 Å². The molecular formula is C19H14N6O. The fourth-order valence-electron chi connectivity index (χ4n) is 3.09. The van der Waals surface area contributed by atoms with E-state index in [9.17, 15) is 4.79 Å². The molecule has 0 saturated heterocycles. The van der Waals surface area contributed by atoms with Crippen molar-refractivity contribution in [2.45, 2.75) is 0 Å². The third kappa shape index (κ3) is 2.14. The molecule has 0 saturated carbocycles. The van der Waals surface area contributed by atoms with E-state index < -0.39 is 0 Å². The lowest BCUT2D eigenvalue weighted by atomic mass is 10.0. The van der Waals surface area contributed by atoms with E-state index in [-0.39, 0.29) is 5.56 Å². The second kappa shape index (κ2) is 5.38. The third-order valence-electron chi connectivity index (χ3n) is 4.48. The van der Waals surface area contributed by atoms with Crippen LogP contribution in [0.5, 0.6) is 0 Å². The van der Waals surface area contributed by atoms with E-state index in [1.807, 2.05) is 43.4 Å². The van der Waals surface area contributed by atoms with Crippen molar-refractivity contribution in [3.63, 3.8) is 0 Å².